The van der Waals surface area contributed by atoms with E-state index in [4.69, 9.17) is 14.2 Å². The molecule has 2 aromatic carbocycles. The standard InChI is InChI=1S/C24H28N2O4/c1-28-13-12-25-24(27)19-9-5-8-18-16-6-4-7-17(16)22(26-23(18)19)15-10-11-20(29-2)21(14-15)30-3/h4-6,8-11,14,16-17,22,26H,7,12-13H2,1-3H3,(H,25,27). The predicted octanol–water partition coefficient (Wildman–Crippen LogP) is 3.91. The normalized spacial score (nSPS) is 21.4. The van der Waals surface area contributed by atoms with Crippen molar-refractivity contribution < 1.29 is 19.0 Å². The molecule has 3 unspecified atom stereocenters. The lowest BCUT2D eigenvalue weighted by Crippen LogP contribution is -2.33. The number of nitrogens with one attached hydrogen (secondary N) is 2. The molecule has 1 heterocycles. The van der Waals surface area contributed by atoms with Crippen molar-refractivity contribution in [2.45, 2.75) is 18.4 Å². The zero-order valence-corrected chi connectivity index (χ0v) is 17.6. The van der Waals surface area contributed by atoms with Crippen molar-refractivity contribution in [3.8, 4) is 11.5 Å². The maximum absolute atomic E-state index is 12.8. The van der Waals surface area contributed by atoms with Gasteiger partial charge in [0.25, 0.3) is 5.91 Å². The number of carbonyl (C=O) groups excluding carboxylic acids is 1. The molecule has 0 aromatic heterocycles. The number of ether oxygens (including phenoxy) is 3. The Hall–Kier alpha value is -2.99. The second-order valence-corrected chi connectivity index (χ2v) is 7.61. The predicted molar refractivity (Wildman–Crippen MR) is 117 cm³/mol. The zero-order valence-electron chi connectivity index (χ0n) is 17.6. The molecule has 3 atom stereocenters. The summed E-state index contributed by atoms with van der Waals surface area (Å²) in [6.07, 6.45) is 5.50. The lowest BCUT2D eigenvalue weighted by Gasteiger charge is -2.38. The lowest BCUT2D eigenvalue weighted by molar-refractivity contribution is 0.0937. The van der Waals surface area contributed by atoms with Crippen LogP contribution >= 0.6 is 0 Å². The van der Waals surface area contributed by atoms with E-state index in [1.807, 2.05) is 24.3 Å². The highest BCUT2D eigenvalue weighted by Gasteiger charge is 2.39. The minimum Gasteiger partial charge on any atom is -0.493 e. The molecule has 2 aliphatic rings. The minimum absolute atomic E-state index is 0.0604. The Labute approximate surface area is 177 Å². The maximum atomic E-state index is 12.8. The molecule has 2 N–H and O–H groups in total. The number of fused-ring (bicyclic) bond motifs is 3. The number of hydrogen-bond acceptors (Lipinski definition) is 5. The molecule has 6 heteroatoms. The van der Waals surface area contributed by atoms with Crippen LogP contribution in [0.5, 0.6) is 11.5 Å². The molecule has 1 aliphatic heterocycles. The first kappa shape index (κ1) is 20.3. The van der Waals surface area contributed by atoms with Gasteiger partial charge in [-0.15, -0.1) is 0 Å². The van der Waals surface area contributed by atoms with Gasteiger partial charge in [-0.1, -0.05) is 30.4 Å². The van der Waals surface area contributed by atoms with Crippen LogP contribution in [0.25, 0.3) is 0 Å². The molecule has 0 spiro atoms. The Kier molecular flexibility index (Phi) is 5.95. The molecule has 0 saturated heterocycles. The molecule has 1 amide bonds. The number of anilines is 1. The van der Waals surface area contributed by atoms with E-state index in [1.165, 1.54) is 5.56 Å². The molecule has 2 aromatic rings. The number of allylic oxidation sites excluding steroid dienone is 2. The fourth-order valence-corrected chi connectivity index (χ4v) is 4.55. The van der Waals surface area contributed by atoms with Gasteiger partial charge in [-0.3, -0.25) is 4.79 Å². The quantitative estimate of drug-likeness (QED) is 0.537. The Morgan fingerprint density at radius 2 is 1.97 bits per heavy atom. The fraction of sp³-hybridized carbons (Fsp3) is 0.375. The van der Waals surface area contributed by atoms with Gasteiger partial charge in [-0.05, 0) is 41.7 Å². The summed E-state index contributed by atoms with van der Waals surface area (Å²) in [6.45, 7) is 0.958. The third-order valence-electron chi connectivity index (χ3n) is 6.00. The Morgan fingerprint density at radius 3 is 2.73 bits per heavy atom. The Balaban J connectivity index is 1.71. The molecule has 4 rings (SSSR count). The number of benzene rings is 2. The van der Waals surface area contributed by atoms with Gasteiger partial charge in [0.15, 0.2) is 11.5 Å². The van der Waals surface area contributed by atoms with Gasteiger partial charge in [0.1, 0.15) is 0 Å². The van der Waals surface area contributed by atoms with Gasteiger partial charge < -0.3 is 24.8 Å². The largest absolute Gasteiger partial charge is 0.493 e. The summed E-state index contributed by atoms with van der Waals surface area (Å²) in [5.74, 6) is 1.96. The lowest BCUT2D eigenvalue weighted by atomic mass is 9.76. The van der Waals surface area contributed by atoms with Crippen LogP contribution in [-0.4, -0.2) is 40.4 Å². The summed E-state index contributed by atoms with van der Waals surface area (Å²) in [5, 5.41) is 6.62. The second kappa shape index (κ2) is 8.79. The van der Waals surface area contributed by atoms with Gasteiger partial charge in [-0.2, -0.15) is 0 Å². The van der Waals surface area contributed by atoms with Gasteiger partial charge in [0.2, 0.25) is 0 Å². The van der Waals surface area contributed by atoms with E-state index in [0.717, 1.165) is 17.7 Å². The van der Waals surface area contributed by atoms with Crippen molar-refractivity contribution in [3.63, 3.8) is 0 Å². The van der Waals surface area contributed by atoms with Gasteiger partial charge in [0.05, 0.1) is 38.1 Å². The number of methoxy groups -OCH3 is 3. The van der Waals surface area contributed by atoms with Crippen molar-refractivity contribution in [2.75, 3.05) is 39.8 Å². The second-order valence-electron chi connectivity index (χ2n) is 7.61. The smallest absolute Gasteiger partial charge is 0.253 e. The molecule has 0 radical (unpaired) electrons. The average molecular weight is 408 g/mol. The van der Waals surface area contributed by atoms with E-state index in [0.29, 0.717) is 36.1 Å². The maximum Gasteiger partial charge on any atom is 0.253 e. The first-order chi connectivity index (χ1) is 14.7. The summed E-state index contributed by atoms with van der Waals surface area (Å²) in [6, 6.07) is 12.0. The average Bonchev–Trinajstić information content (AvgIpc) is 3.28. The third kappa shape index (κ3) is 3.63. The summed E-state index contributed by atoms with van der Waals surface area (Å²) in [7, 11) is 4.91. The summed E-state index contributed by atoms with van der Waals surface area (Å²) in [5.41, 5.74) is 3.85. The van der Waals surface area contributed by atoms with Crippen molar-refractivity contribution in [1.29, 1.82) is 0 Å². The van der Waals surface area contributed by atoms with Crippen LogP contribution < -0.4 is 20.1 Å². The van der Waals surface area contributed by atoms with E-state index < -0.39 is 0 Å². The monoisotopic (exact) mass is 408 g/mol. The molecule has 0 saturated carbocycles. The van der Waals surface area contributed by atoms with Crippen molar-refractivity contribution in [2.24, 2.45) is 5.92 Å². The van der Waals surface area contributed by atoms with Crippen molar-refractivity contribution in [1.82, 2.24) is 5.32 Å². The molecule has 0 bridgehead atoms. The topological polar surface area (TPSA) is 68.8 Å². The Bertz CT molecular complexity index is 956. The van der Waals surface area contributed by atoms with Gasteiger partial charge in [-0.25, -0.2) is 0 Å². The van der Waals surface area contributed by atoms with E-state index >= 15 is 0 Å². The van der Waals surface area contributed by atoms with Crippen LogP contribution in [0.3, 0.4) is 0 Å². The van der Waals surface area contributed by atoms with Crippen LogP contribution in [0.4, 0.5) is 5.69 Å². The first-order valence-electron chi connectivity index (χ1n) is 10.2. The van der Waals surface area contributed by atoms with Crippen LogP contribution in [0, 0.1) is 5.92 Å². The minimum atomic E-state index is -0.0945. The number of hydrogen-bond donors (Lipinski definition) is 2. The SMILES string of the molecule is COCCNC(=O)c1cccc2c1NC(c1ccc(OC)c(OC)c1)C1CC=CC21. The van der Waals surface area contributed by atoms with Crippen LogP contribution in [-0.2, 0) is 4.74 Å². The van der Waals surface area contributed by atoms with E-state index in [9.17, 15) is 4.79 Å². The van der Waals surface area contributed by atoms with Crippen LogP contribution in [0.1, 0.15) is 39.9 Å². The zero-order chi connectivity index (χ0) is 21.1. The van der Waals surface area contributed by atoms with Gasteiger partial charge in [0, 0.05) is 19.6 Å². The van der Waals surface area contributed by atoms with Gasteiger partial charge >= 0.3 is 0 Å². The molecule has 0 fully saturated rings. The molecule has 158 valence electrons. The first-order valence-corrected chi connectivity index (χ1v) is 10.2. The highest BCUT2D eigenvalue weighted by Crippen LogP contribution is 2.51. The van der Waals surface area contributed by atoms with Crippen molar-refractivity contribution in [3.05, 3.63) is 65.2 Å². The highest BCUT2D eigenvalue weighted by molar-refractivity contribution is 6.00. The molecule has 30 heavy (non-hydrogen) atoms. The molecule has 6 nitrogen and oxygen atoms in total. The highest BCUT2D eigenvalue weighted by atomic mass is 16.5. The van der Waals surface area contributed by atoms with Crippen molar-refractivity contribution >= 4 is 11.6 Å². The number of carbonyl (C=O) groups is 1. The Morgan fingerprint density at radius 1 is 1.13 bits per heavy atom. The number of rotatable bonds is 7. The number of amides is 1. The van der Waals surface area contributed by atoms with Crippen LogP contribution in [0.15, 0.2) is 48.6 Å². The molecular formula is C24H28N2O4. The van der Waals surface area contributed by atoms with E-state index in [1.54, 1.807) is 21.3 Å². The summed E-state index contributed by atoms with van der Waals surface area (Å²) >= 11 is 0. The van der Waals surface area contributed by atoms with Crippen LogP contribution in [0.2, 0.25) is 0 Å². The molecule has 1 aliphatic carbocycles. The number of para-hydroxylation sites is 1. The van der Waals surface area contributed by atoms with E-state index in [-0.39, 0.29) is 17.9 Å². The fourth-order valence-electron chi connectivity index (χ4n) is 4.55. The molecular weight excluding hydrogens is 380 g/mol. The van der Waals surface area contributed by atoms with E-state index in [2.05, 4.69) is 34.9 Å². The summed E-state index contributed by atoms with van der Waals surface area (Å²) in [4.78, 5) is 12.8. The summed E-state index contributed by atoms with van der Waals surface area (Å²) < 4.78 is 16.0. The third-order valence-corrected chi connectivity index (χ3v) is 6.00.